The summed E-state index contributed by atoms with van der Waals surface area (Å²) in [6.07, 6.45) is 3.34. The zero-order valence-corrected chi connectivity index (χ0v) is 11.4. The van der Waals surface area contributed by atoms with Gasteiger partial charge in [0.25, 0.3) is 0 Å². The van der Waals surface area contributed by atoms with Crippen LogP contribution >= 0.6 is 0 Å². The molecule has 0 saturated carbocycles. The Labute approximate surface area is 110 Å². The number of aryl methyl sites for hydroxylation is 1. The van der Waals surface area contributed by atoms with Gasteiger partial charge in [-0.25, -0.2) is 0 Å². The molecule has 0 fully saturated rings. The summed E-state index contributed by atoms with van der Waals surface area (Å²) in [7, 11) is 1.87. The molecule has 0 heterocycles. The topological polar surface area (TPSA) is 46.3 Å². The number of carbonyl (C=O) groups is 1. The van der Waals surface area contributed by atoms with Crippen LogP contribution in [0, 0.1) is 0 Å². The third-order valence-corrected chi connectivity index (χ3v) is 3.04. The maximum absolute atomic E-state index is 11.8. The lowest BCUT2D eigenvalue weighted by molar-refractivity contribution is -0.130. The molecular weight excluding hydrogens is 224 g/mol. The van der Waals surface area contributed by atoms with E-state index in [0.29, 0.717) is 6.42 Å². The molecule has 0 saturated heterocycles. The molecule has 0 bridgehead atoms. The smallest absolute Gasteiger partial charge is 0.222 e. The second kappa shape index (κ2) is 7.88. The van der Waals surface area contributed by atoms with Crippen LogP contribution in [0.3, 0.4) is 0 Å². The zero-order valence-electron chi connectivity index (χ0n) is 11.4. The predicted octanol–water partition coefficient (Wildman–Crippen LogP) is 2.21. The van der Waals surface area contributed by atoms with Crippen LogP contribution in [0.1, 0.15) is 31.7 Å². The lowest BCUT2D eigenvalue weighted by Gasteiger charge is -2.17. The number of benzene rings is 1. The number of amides is 1. The Balaban J connectivity index is 2.20. The van der Waals surface area contributed by atoms with Crippen molar-refractivity contribution in [1.29, 1.82) is 0 Å². The zero-order chi connectivity index (χ0) is 13.4. The van der Waals surface area contributed by atoms with Crippen molar-refractivity contribution in [2.75, 3.05) is 13.6 Å². The molecule has 1 amide bonds. The first-order valence-corrected chi connectivity index (χ1v) is 6.63. The minimum absolute atomic E-state index is 0.103. The van der Waals surface area contributed by atoms with Crippen LogP contribution < -0.4 is 5.73 Å². The Morgan fingerprint density at radius 1 is 1.33 bits per heavy atom. The van der Waals surface area contributed by atoms with Crippen molar-refractivity contribution in [3.05, 3.63) is 35.9 Å². The van der Waals surface area contributed by atoms with Gasteiger partial charge in [0.2, 0.25) is 5.91 Å². The summed E-state index contributed by atoms with van der Waals surface area (Å²) in [6.45, 7) is 2.75. The Hall–Kier alpha value is -1.35. The van der Waals surface area contributed by atoms with Gasteiger partial charge >= 0.3 is 0 Å². The molecule has 1 aromatic carbocycles. The third kappa shape index (κ3) is 5.82. The molecule has 0 spiro atoms. The summed E-state index contributed by atoms with van der Waals surface area (Å²) in [5.74, 6) is 0.195. The standard InChI is InChI=1S/C15H24N2O/c1-13(16)10-11-15(18)17(2)12-6-9-14-7-4-3-5-8-14/h3-5,7-8,13H,6,9-12,16H2,1-2H3. The van der Waals surface area contributed by atoms with E-state index in [-0.39, 0.29) is 11.9 Å². The van der Waals surface area contributed by atoms with E-state index in [0.717, 1.165) is 25.8 Å². The van der Waals surface area contributed by atoms with E-state index in [4.69, 9.17) is 5.73 Å². The van der Waals surface area contributed by atoms with Gasteiger partial charge in [-0.2, -0.15) is 0 Å². The van der Waals surface area contributed by atoms with E-state index in [1.165, 1.54) is 5.56 Å². The number of nitrogens with zero attached hydrogens (tertiary/aromatic N) is 1. The van der Waals surface area contributed by atoms with Crippen molar-refractivity contribution in [2.24, 2.45) is 5.73 Å². The molecule has 2 N–H and O–H groups in total. The van der Waals surface area contributed by atoms with Crippen LogP contribution in [0.4, 0.5) is 0 Å². The minimum Gasteiger partial charge on any atom is -0.346 e. The Bertz CT molecular complexity index is 349. The fourth-order valence-corrected chi connectivity index (χ4v) is 1.83. The summed E-state index contributed by atoms with van der Waals surface area (Å²) < 4.78 is 0. The fourth-order valence-electron chi connectivity index (χ4n) is 1.83. The highest BCUT2D eigenvalue weighted by Gasteiger charge is 2.08. The van der Waals surface area contributed by atoms with Crippen LogP contribution in [-0.4, -0.2) is 30.4 Å². The molecule has 18 heavy (non-hydrogen) atoms. The number of hydrogen-bond donors (Lipinski definition) is 1. The van der Waals surface area contributed by atoms with Crippen LogP contribution in [-0.2, 0) is 11.2 Å². The van der Waals surface area contributed by atoms with Gasteiger partial charge in [0.15, 0.2) is 0 Å². The lowest BCUT2D eigenvalue weighted by atomic mass is 10.1. The molecule has 1 rings (SSSR count). The fraction of sp³-hybridized carbons (Fsp3) is 0.533. The van der Waals surface area contributed by atoms with Crippen LogP contribution in [0.25, 0.3) is 0 Å². The molecular formula is C15H24N2O. The normalized spacial score (nSPS) is 12.2. The lowest BCUT2D eigenvalue weighted by Crippen LogP contribution is -2.29. The second-order valence-electron chi connectivity index (χ2n) is 4.92. The molecule has 3 heteroatoms. The van der Waals surface area contributed by atoms with Gasteiger partial charge in [0.1, 0.15) is 0 Å². The summed E-state index contributed by atoms with van der Waals surface area (Å²) in [6, 6.07) is 10.5. The van der Waals surface area contributed by atoms with Crippen molar-refractivity contribution in [1.82, 2.24) is 4.90 Å². The number of carbonyl (C=O) groups excluding carboxylic acids is 1. The summed E-state index contributed by atoms with van der Waals surface area (Å²) in [5, 5.41) is 0. The number of hydrogen-bond acceptors (Lipinski definition) is 2. The summed E-state index contributed by atoms with van der Waals surface area (Å²) in [5.41, 5.74) is 6.97. The molecule has 0 aliphatic carbocycles. The van der Waals surface area contributed by atoms with E-state index >= 15 is 0 Å². The first kappa shape index (κ1) is 14.7. The molecule has 0 radical (unpaired) electrons. The van der Waals surface area contributed by atoms with E-state index < -0.39 is 0 Å². The Kier molecular flexibility index (Phi) is 6.44. The van der Waals surface area contributed by atoms with E-state index in [9.17, 15) is 4.79 Å². The van der Waals surface area contributed by atoms with Gasteiger partial charge < -0.3 is 10.6 Å². The quantitative estimate of drug-likeness (QED) is 0.804. The Morgan fingerprint density at radius 3 is 2.61 bits per heavy atom. The molecule has 1 unspecified atom stereocenters. The molecule has 0 aliphatic heterocycles. The first-order chi connectivity index (χ1) is 8.59. The number of nitrogens with two attached hydrogens (primary N) is 1. The SMILES string of the molecule is CC(N)CCC(=O)N(C)CCCc1ccccc1. The van der Waals surface area contributed by atoms with Crippen molar-refractivity contribution in [3.63, 3.8) is 0 Å². The molecule has 1 atom stereocenters. The molecule has 1 aromatic rings. The minimum atomic E-state index is 0.103. The maximum Gasteiger partial charge on any atom is 0.222 e. The van der Waals surface area contributed by atoms with Gasteiger partial charge in [0.05, 0.1) is 0 Å². The van der Waals surface area contributed by atoms with Gasteiger partial charge in [-0.1, -0.05) is 30.3 Å². The van der Waals surface area contributed by atoms with Gasteiger partial charge in [-0.05, 0) is 31.7 Å². The predicted molar refractivity (Wildman–Crippen MR) is 75.3 cm³/mol. The largest absolute Gasteiger partial charge is 0.346 e. The highest BCUT2D eigenvalue weighted by Crippen LogP contribution is 2.04. The maximum atomic E-state index is 11.8. The summed E-state index contributed by atoms with van der Waals surface area (Å²) >= 11 is 0. The highest BCUT2D eigenvalue weighted by atomic mass is 16.2. The van der Waals surface area contributed by atoms with Crippen molar-refractivity contribution in [3.8, 4) is 0 Å². The van der Waals surface area contributed by atoms with Crippen LogP contribution in [0.15, 0.2) is 30.3 Å². The highest BCUT2D eigenvalue weighted by molar-refractivity contribution is 5.75. The van der Waals surface area contributed by atoms with Crippen LogP contribution in [0.2, 0.25) is 0 Å². The monoisotopic (exact) mass is 248 g/mol. The Morgan fingerprint density at radius 2 is 2.00 bits per heavy atom. The van der Waals surface area contributed by atoms with Crippen LogP contribution in [0.5, 0.6) is 0 Å². The average Bonchev–Trinajstić information content (AvgIpc) is 2.37. The second-order valence-corrected chi connectivity index (χ2v) is 4.92. The molecule has 0 aromatic heterocycles. The molecule has 100 valence electrons. The molecule has 3 nitrogen and oxygen atoms in total. The number of rotatable bonds is 7. The van der Waals surface area contributed by atoms with Gasteiger partial charge in [-0.3, -0.25) is 4.79 Å². The van der Waals surface area contributed by atoms with Crippen molar-refractivity contribution < 1.29 is 4.79 Å². The first-order valence-electron chi connectivity index (χ1n) is 6.63. The van der Waals surface area contributed by atoms with Gasteiger partial charge in [-0.15, -0.1) is 0 Å². The summed E-state index contributed by atoms with van der Waals surface area (Å²) in [4.78, 5) is 13.6. The van der Waals surface area contributed by atoms with Crippen molar-refractivity contribution >= 4 is 5.91 Å². The van der Waals surface area contributed by atoms with Gasteiger partial charge in [0, 0.05) is 26.1 Å². The van der Waals surface area contributed by atoms with E-state index in [1.54, 1.807) is 0 Å². The molecule has 0 aliphatic rings. The van der Waals surface area contributed by atoms with E-state index in [2.05, 4.69) is 12.1 Å². The third-order valence-electron chi connectivity index (χ3n) is 3.04. The average molecular weight is 248 g/mol. The van der Waals surface area contributed by atoms with Crippen molar-refractivity contribution in [2.45, 2.75) is 38.6 Å². The van der Waals surface area contributed by atoms with E-state index in [1.807, 2.05) is 37.1 Å².